The number of hydrogen-bond acceptors (Lipinski definition) is 4. The SMILES string of the molecule is CCN(CCCN(C)C)c1nc2ccccn2c1CNC. The number of anilines is 1. The van der Waals surface area contributed by atoms with Crippen LogP contribution >= 0.6 is 0 Å². The Hall–Kier alpha value is -1.59. The van der Waals surface area contributed by atoms with Crippen LogP contribution in [0.3, 0.4) is 0 Å². The maximum Gasteiger partial charge on any atom is 0.152 e. The Kier molecular flexibility index (Phi) is 5.59. The Labute approximate surface area is 127 Å². The van der Waals surface area contributed by atoms with E-state index in [-0.39, 0.29) is 0 Å². The Morgan fingerprint density at radius 3 is 2.71 bits per heavy atom. The fourth-order valence-corrected chi connectivity index (χ4v) is 2.61. The molecule has 0 aliphatic heterocycles. The zero-order valence-corrected chi connectivity index (χ0v) is 13.6. The van der Waals surface area contributed by atoms with Crippen molar-refractivity contribution in [3.05, 3.63) is 30.1 Å². The van der Waals surface area contributed by atoms with E-state index in [1.165, 1.54) is 5.69 Å². The standard InChI is InChI=1S/C16H27N5/c1-5-20(11-8-10-19(3)4)16-14(13-17-2)21-12-7-6-9-15(21)18-16/h6-7,9,12,17H,5,8,10-11,13H2,1-4H3. The topological polar surface area (TPSA) is 35.8 Å². The van der Waals surface area contributed by atoms with Crippen LogP contribution in [0.5, 0.6) is 0 Å². The zero-order chi connectivity index (χ0) is 15.2. The third-order valence-electron chi connectivity index (χ3n) is 3.67. The van der Waals surface area contributed by atoms with Gasteiger partial charge in [0, 0.05) is 25.8 Å². The highest BCUT2D eigenvalue weighted by molar-refractivity contribution is 5.55. The van der Waals surface area contributed by atoms with Crippen molar-refractivity contribution in [1.29, 1.82) is 0 Å². The summed E-state index contributed by atoms with van der Waals surface area (Å²) in [4.78, 5) is 9.44. The molecule has 0 amide bonds. The van der Waals surface area contributed by atoms with E-state index in [9.17, 15) is 0 Å². The summed E-state index contributed by atoms with van der Waals surface area (Å²) in [5.74, 6) is 1.11. The van der Waals surface area contributed by atoms with Crippen molar-refractivity contribution in [1.82, 2.24) is 19.6 Å². The van der Waals surface area contributed by atoms with Crippen LogP contribution in [0.15, 0.2) is 24.4 Å². The molecular formula is C16H27N5. The highest BCUT2D eigenvalue weighted by Gasteiger charge is 2.16. The molecule has 5 heteroatoms. The van der Waals surface area contributed by atoms with Crippen molar-refractivity contribution in [2.24, 2.45) is 0 Å². The van der Waals surface area contributed by atoms with Gasteiger partial charge in [-0.2, -0.15) is 0 Å². The maximum atomic E-state index is 4.84. The summed E-state index contributed by atoms with van der Waals surface area (Å²) in [6, 6.07) is 6.16. The average molecular weight is 289 g/mol. The molecule has 0 bridgehead atoms. The van der Waals surface area contributed by atoms with Gasteiger partial charge < -0.3 is 19.5 Å². The molecule has 2 aromatic heterocycles. The minimum atomic E-state index is 0.824. The smallest absolute Gasteiger partial charge is 0.152 e. The van der Waals surface area contributed by atoms with Crippen molar-refractivity contribution >= 4 is 11.5 Å². The quantitative estimate of drug-likeness (QED) is 0.804. The number of hydrogen-bond donors (Lipinski definition) is 1. The minimum Gasteiger partial charge on any atom is -0.355 e. The Morgan fingerprint density at radius 2 is 2.05 bits per heavy atom. The lowest BCUT2D eigenvalue weighted by atomic mass is 10.3. The van der Waals surface area contributed by atoms with Gasteiger partial charge in [-0.05, 0) is 53.2 Å². The molecule has 2 rings (SSSR count). The van der Waals surface area contributed by atoms with Gasteiger partial charge in [-0.3, -0.25) is 0 Å². The third-order valence-corrected chi connectivity index (χ3v) is 3.67. The van der Waals surface area contributed by atoms with Gasteiger partial charge in [-0.15, -0.1) is 0 Å². The van der Waals surface area contributed by atoms with E-state index >= 15 is 0 Å². The Balaban J connectivity index is 2.26. The van der Waals surface area contributed by atoms with E-state index in [0.717, 1.165) is 44.1 Å². The molecule has 0 saturated heterocycles. The number of nitrogens with zero attached hydrogens (tertiary/aromatic N) is 4. The average Bonchev–Trinajstić information content (AvgIpc) is 2.83. The fourth-order valence-electron chi connectivity index (χ4n) is 2.61. The van der Waals surface area contributed by atoms with Crippen LogP contribution in [0.4, 0.5) is 5.82 Å². The molecule has 116 valence electrons. The molecule has 0 spiro atoms. The molecule has 0 unspecified atom stereocenters. The largest absolute Gasteiger partial charge is 0.355 e. The first-order valence-corrected chi connectivity index (χ1v) is 7.67. The summed E-state index contributed by atoms with van der Waals surface area (Å²) in [6.07, 6.45) is 3.24. The molecule has 0 fully saturated rings. The second-order valence-corrected chi connectivity index (χ2v) is 5.58. The summed E-state index contributed by atoms with van der Waals surface area (Å²) in [7, 11) is 6.22. The van der Waals surface area contributed by atoms with Crippen LogP contribution < -0.4 is 10.2 Å². The first-order valence-electron chi connectivity index (χ1n) is 7.67. The van der Waals surface area contributed by atoms with Gasteiger partial charge in [0.15, 0.2) is 5.82 Å². The second kappa shape index (κ2) is 7.43. The first-order chi connectivity index (χ1) is 10.2. The van der Waals surface area contributed by atoms with E-state index < -0.39 is 0 Å². The fraction of sp³-hybridized carbons (Fsp3) is 0.562. The predicted octanol–water partition coefficient (Wildman–Crippen LogP) is 1.83. The van der Waals surface area contributed by atoms with E-state index in [1.807, 2.05) is 13.1 Å². The number of fused-ring (bicyclic) bond motifs is 1. The molecule has 0 aromatic carbocycles. The van der Waals surface area contributed by atoms with Crippen LogP contribution in [-0.2, 0) is 6.54 Å². The van der Waals surface area contributed by atoms with Crippen LogP contribution in [-0.4, -0.2) is 55.1 Å². The Morgan fingerprint density at radius 1 is 1.24 bits per heavy atom. The number of nitrogens with one attached hydrogen (secondary N) is 1. The van der Waals surface area contributed by atoms with Crippen molar-refractivity contribution < 1.29 is 0 Å². The number of aromatic nitrogens is 2. The molecular weight excluding hydrogens is 262 g/mol. The monoisotopic (exact) mass is 289 g/mol. The molecule has 1 N–H and O–H groups in total. The van der Waals surface area contributed by atoms with Crippen molar-refractivity contribution in [2.45, 2.75) is 19.9 Å². The molecule has 0 saturated carbocycles. The van der Waals surface area contributed by atoms with E-state index in [4.69, 9.17) is 4.98 Å². The summed E-state index contributed by atoms with van der Waals surface area (Å²) in [6.45, 7) is 6.14. The predicted molar refractivity (Wildman–Crippen MR) is 89.0 cm³/mol. The van der Waals surface area contributed by atoms with Crippen LogP contribution in [0.1, 0.15) is 19.0 Å². The van der Waals surface area contributed by atoms with E-state index in [1.54, 1.807) is 0 Å². The lowest BCUT2D eigenvalue weighted by Crippen LogP contribution is -2.28. The molecule has 0 radical (unpaired) electrons. The summed E-state index contributed by atoms with van der Waals surface area (Å²) in [5, 5.41) is 3.26. The summed E-state index contributed by atoms with van der Waals surface area (Å²) >= 11 is 0. The van der Waals surface area contributed by atoms with Crippen LogP contribution in [0, 0.1) is 0 Å². The van der Waals surface area contributed by atoms with Gasteiger partial charge in [0.1, 0.15) is 5.65 Å². The maximum absolute atomic E-state index is 4.84. The number of pyridine rings is 1. The second-order valence-electron chi connectivity index (χ2n) is 5.58. The molecule has 0 aliphatic rings. The minimum absolute atomic E-state index is 0.824. The van der Waals surface area contributed by atoms with E-state index in [0.29, 0.717) is 0 Å². The van der Waals surface area contributed by atoms with Gasteiger partial charge in [0.2, 0.25) is 0 Å². The number of rotatable bonds is 8. The Bertz CT molecular complexity index is 561. The molecule has 0 aliphatic carbocycles. The van der Waals surface area contributed by atoms with Gasteiger partial charge in [-0.25, -0.2) is 4.98 Å². The summed E-state index contributed by atoms with van der Waals surface area (Å²) < 4.78 is 2.18. The van der Waals surface area contributed by atoms with Crippen molar-refractivity contribution in [3.63, 3.8) is 0 Å². The van der Waals surface area contributed by atoms with Gasteiger partial charge in [-0.1, -0.05) is 6.07 Å². The van der Waals surface area contributed by atoms with E-state index in [2.05, 4.69) is 58.9 Å². The van der Waals surface area contributed by atoms with Crippen LogP contribution in [0.25, 0.3) is 5.65 Å². The summed E-state index contributed by atoms with van der Waals surface area (Å²) in [5.41, 5.74) is 2.25. The molecule has 5 nitrogen and oxygen atoms in total. The van der Waals surface area contributed by atoms with Crippen LogP contribution in [0.2, 0.25) is 0 Å². The van der Waals surface area contributed by atoms with Crippen molar-refractivity contribution in [2.75, 3.05) is 45.7 Å². The zero-order valence-electron chi connectivity index (χ0n) is 13.6. The van der Waals surface area contributed by atoms with Gasteiger partial charge in [0.25, 0.3) is 0 Å². The lowest BCUT2D eigenvalue weighted by molar-refractivity contribution is 0.400. The molecule has 2 aromatic rings. The normalized spacial score (nSPS) is 11.5. The molecule has 0 atom stereocenters. The van der Waals surface area contributed by atoms with Gasteiger partial charge >= 0.3 is 0 Å². The highest BCUT2D eigenvalue weighted by atomic mass is 15.2. The number of imidazole rings is 1. The molecule has 21 heavy (non-hydrogen) atoms. The van der Waals surface area contributed by atoms with Crippen molar-refractivity contribution in [3.8, 4) is 0 Å². The lowest BCUT2D eigenvalue weighted by Gasteiger charge is -2.23. The third kappa shape index (κ3) is 3.74. The molecule has 2 heterocycles. The van der Waals surface area contributed by atoms with Gasteiger partial charge in [0.05, 0.1) is 5.69 Å². The first kappa shape index (κ1) is 15.8. The highest BCUT2D eigenvalue weighted by Crippen LogP contribution is 2.22.